The van der Waals surface area contributed by atoms with E-state index in [2.05, 4.69) is 33.2 Å². The van der Waals surface area contributed by atoms with Crippen LogP contribution in [0.5, 0.6) is 0 Å². The molecule has 1 aromatic heterocycles. The van der Waals surface area contributed by atoms with E-state index >= 15 is 0 Å². The predicted octanol–water partition coefficient (Wildman–Crippen LogP) is 1.89. The lowest BCUT2D eigenvalue weighted by molar-refractivity contribution is 0.178. The van der Waals surface area contributed by atoms with E-state index in [1.165, 1.54) is 10.9 Å². The molecule has 0 atom stereocenters. The van der Waals surface area contributed by atoms with E-state index < -0.39 is 0 Å². The Balaban J connectivity index is 0.000000124. The van der Waals surface area contributed by atoms with Crippen LogP contribution in [0.15, 0.2) is 36.5 Å². The van der Waals surface area contributed by atoms with Gasteiger partial charge in [0.25, 0.3) is 0 Å². The van der Waals surface area contributed by atoms with Gasteiger partial charge in [-0.15, -0.1) is 0 Å². The summed E-state index contributed by atoms with van der Waals surface area (Å²) in [6.07, 6.45) is 1.65. The SMILES string of the molecule is O=C1NCCO1.c1ccc2[nH]ccc2c1. The second kappa shape index (κ2) is 4.50. The summed E-state index contributed by atoms with van der Waals surface area (Å²) >= 11 is 0. The Morgan fingerprint density at radius 2 is 2.07 bits per heavy atom. The minimum Gasteiger partial charge on any atom is -0.448 e. The van der Waals surface area contributed by atoms with Crippen LogP contribution in [0.2, 0.25) is 0 Å². The molecule has 0 unspecified atom stereocenters. The molecule has 2 N–H and O–H groups in total. The smallest absolute Gasteiger partial charge is 0.407 e. The number of para-hydroxylation sites is 1. The van der Waals surface area contributed by atoms with Gasteiger partial charge in [-0.05, 0) is 17.5 Å². The van der Waals surface area contributed by atoms with E-state index in [1.807, 2.05) is 18.3 Å². The molecule has 1 fully saturated rings. The Morgan fingerprint density at radius 3 is 2.67 bits per heavy atom. The standard InChI is InChI=1S/C8H7N.C3H5NO2/c1-2-4-8-7(3-1)5-6-9-8;5-3-4-1-2-6-3/h1-6,9H;1-2H2,(H,4,5). The lowest BCUT2D eigenvalue weighted by atomic mass is 10.3. The van der Waals surface area contributed by atoms with Gasteiger partial charge in [-0.25, -0.2) is 4.79 Å². The molecule has 15 heavy (non-hydrogen) atoms. The quantitative estimate of drug-likeness (QED) is 0.688. The molecule has 2 heterocycles. The number of nitrogens with one attached hydrogen (secondary N) is 2. The average Bonchev–Trinajstić information content (AvgIpc) is 2.88. The lowest BCUT2D eigenvalue weighted by Gasteiger charge is -1.83. The van der Waals surface area contributed by atoms with Crippen molar-refractivity contribution in [3.63, 3.8) is 0 Å². The first kappa shape index (κ1) is 9.58. The number of alkyl carbamates (subject to hydrolysis) is 1. The van der Waals surface area contributed by atoms with Gasteiger partial charge in [0, 0.05) is 11.7 Å². The van der Waals surface area contributed by atoms with Crippen molar-refractivity contribution in [3.8, 4) is 0 Å². The Kier molecular flexibility index (Phi) is 2.88. The molecule has 3 rings (SSSR count). The lowest BCUT2D eigenvalue weighted by Crippen LogP contribution is -2.11. The van der Waals surface area contributed by atoms with Crippen molar-refractivity contribution in [2.24, 2.45) is 0 Å². The molecule has 1 saturated heterocycles. The highest BCUT2D eigenvalue weighted by molar-refractivity contribution is 5.78. The number of fused-ring (bicyclic) bond motifs is 1. The van der Waals surface area contributed by atoms with Crippen molar-refractivity contribution in [1.29, 1.82) is 0 Å². The first-order valence-corrected chi connectivity index (χ1v) is 4.79. The number of amides is 1. The zero-order valence-corrected chi connectivity index (χ0v) is 8.19. The van der Waals surface area contributed by atoms with Gasteiger partial charge in [-0.3, -0.25) is 0 Å². The number of aromatic nitrogens is 1. The van der Waals surface area contributed by atoms with Gasteiger partial charge in [0.15, 0.2) is 0 Å². The number of cyclic esters (lactones) is 1. The van der Waals surface area contributed by atoms with Crippen molar-refractivity contribution < 1.29 is 9.53 Å². The summed E-state index contributed by atoms with van der Waals surface area (Å²) in [6.45, 7) is 1.19. The summed E-state index contributed by atoms with van der Waals surface area (Å²) in [7, 11) is 0. The Labute approximate surface area is 87.2 Å². The zero-order valence-electron chi connectivity index (χ0n) is 8.19. The maximum absolute atomic E-state index is 9.91. The number of ether oxygens (including phenoxy) is 1. The topological polar surface area (TPSA) is 54.1 Å². The largest absolute Gasteiger partial charge is 0.448 e. The van der Waals surface area contributed by atoms with Gasteiger partial charge in [0.1, 0.15) is 6.61 Å². The maximum atomic E-state index is 9.91. The Morgan fingerprint density at radius 1 is 1.20 bits per heavy atom. The molecule has 0 aliphatic carbocycles. The van der Waals surface area contributed by atoms with Crippen LogP contribution in [0.25, 0.3) is 10.9 Å². The van der Waals surface area contributed by atoms with Crippen molar-refractivity contribution >= 4 is 17.0 Å². The number of rotatable bonds is 0. The first-order chi connectivity index (χ1) is 7.36. The van der Waals surface area contributed by atoms with Crippen LogP contribution in [0.1, 0.15) is 0 Å². The second-order valence-electron chi connectivity index (χ2n) is 3.13. The summed E-state index contributed by atoms with van der Waals surface area (Å²) in [5, 5.41) is 3.73. The molecule has 4 heteroatoms. The molecule has 4 nitrogen and oxygen atoms in total. The van der Waals surface area contributed by atoms with Crippen LogP contribution in [-0.4, -0.2) is 24.2 Å². The highest BCUT2D eigenvalue weighted by atomic mass is 16.6. The summed E-state index contributed by atoms with van der Waals surface area (Å²) < 4.78 is 4.40. The van der Waals surface area contributed by atoms with E-state index in [0.717, 1.165) is 0 Å². The molecule has 1 aliphatic heterocycles. The van der Waals surface area contributed by atoms with Crippen LogP contribution in [-0.2, 0) is 4.74 Å². The fourth-order valence-electron chi connectivity index (χ4n) is 1.34. The fourth-order valence-corrected chi connectivity index (χ4v) is 1.34. The number of carbonyl (C=O) groups excluding carboxylic acids is 1. The summed E-state index contributed by atoms with van der Waals surface area (Å²) in [6, 6.07) is 10.3. The van der Waals surface area contributed by atoms with Crippen molar-refractivity contribution in [3.05, 3.63) is 36.5 Å². The first-order valence-electron chi connectivity index (χ1n) is 4.79. The summed E-state index contributed by atoms with van der Waals surface area (Å²) in [5.74, 6) is 0. The van der Waals surface area contributed by atoms with E-state index in [4.69, 9.17) is 0 Å². The molecule has 0 bridgehead atoms. The Hall–Kier alpha value is -1.97. The number of carbonyl (C=O) groups is 1. The van der Waals surface area contributed by atoms with E-state index in [9.17, 15) is 4.79 Å². The molecule has 1 aliphatic rings. The van der Waals surface area contributed by atoms with Crippen LogP contribution >= 0.6 is 0 Å². The minimum atomic E-state index is -0.296. The highest BCUT2D eigenvalue weighted by Crippen LogP contribution is 2.09. The summed E-state index contributed by atoms with van der Waals surface area (Å²) in [4.78, 5) is 13.0. The van der Waals surface area contributed by atoms with E-state index in [1.54, 1.807) is 0 Å². The average molecular weight is 204 g/mol. The number of hydrogen-bond acceptors (Lipinski definition) is 2. The highest BCUT2D eigenvalue weighted by Gasteiger charge is 2.06. The molecule has 2 aromatic rings. The van der Waals surface area contributed by atoms with Crippen LogP contribution in [0.3, 0.4) is 0 Å². The second-order valence-corrected chi connectivity index (χ2v) is 3.13. The summed E-state index contributed by atoms with van der Waals surface area (Å²) in [5.41, 5.74) is 1.21. The zero-order chi connectivity index (χ0) is 10.5. The molecule has 0 spiro atoms. The predicted molar refractivity (Wildman–Crippen MR) is 57.6 cm³/mol. The normalized spacial score (nSPS) is 14.0. The Bertz CT molecular complexity index is 412. The van der Waals surface area contributed by atoms with Crippen molar-refractivity contribution in [2.75, 3.05) is 13.2 Å². The van der Waals surface area contributed by atoms with E-state index in [0.29, 0.717) is 13.2 Å². The number of benzene rings is 1. The molecule has 1 amide bonds. The van der Waals surface area contributed by atoms with Gasteiger partial charge in [-0.1, -0.05) is 18.2 Å². The molecule has 1 aromatic carbocycles. The molecule has 0 radical (unpaired) electrons. The third-order valence-electron chi connectivity index (χ3n) is 2.07. The van der Waals surface area contributed by atoms with Crippen LogP contribution in [0, 0.1) is 0 Å². The van der Waals surface area contributed by atoms with Gasteiger partial charge >= 0.3 is 6.09 Å². The number of hydrogen-bond donors (Lipinski definition) is 2. The molecular weight excluding hydrogens is 192 g/mol. The molecule has 0 saturated carbocycles. The number of aromatic amines is 1. The van der Waals surface area contributed by atoms with Gasteiger partial charge in [-0.2, -0.15) is 0 Å². The maximum Gasteiger partial charge on any atom is 0.407 e. The van der Waals surface area contributed by atoms with E-state index in [-0.39, 0.29) is 6.09 Å². The van der Waals surface area contributed by atoms with Gasteiger partial charge in [0.05, 0.1) is 6.54 Å². The van der Waals surface area contributed by atoms with Crippen LogP contribution < -0.4 is 5.32 Å². The molecular formula is C11H12N2O2. The van der Waals surface area contributed by atoms with Gasteiger partial charge < -0.3 is 15.0 Å². The minimum absolute atomic E-state index is 0.296. The number of H-pyrrole nitrogens is 1. The third-order valence-corrected chi connectivity index (χ3v) is 2.07. The van der Waals surface area contributed by atoms with Crippen molar-refractivity contribution in [1.82, 2.24) is 10.3 Å². The fraction of sp³-hybridized carbons (Fsp3) is 0.182. The van der Waals surface area contributed by atoms with Crippen molar-refractivity contribution in [2.45, 2.75) is 0 Å². The third kappa shape index (κ3) is 2.49. The van der Waals surface area contributed by atoms with Crippen LogP contribution in [0.4, 0.5) is 4.79 Å². The van der Waals surface area contributed by atoms with Gasteiger partial charge in [0.2, 0.25) is 0 Å². The monoisotopic (exact) mass is 204 g/mol. The molecule has 78 valence electrons.